The number of aromatic nitrogens is 1. The maximum absolute atomic E-state index is 13.2. The van der Waals surface area contributed by atoms with E-state index in [1.165, 1.54) is 60.9 Å². The molecule has 2 heterocycles. The molecule has 0 unspecified atom stereocenters. The Kier molecular flexibility index (Phi) is 5.72. The van der Waals surface area contributed by atoms with Crippen LogP contribution in [0.2, 0.25) is 0 Å². The van der Waals surface area contributed by atoms with Gasteiger partial charge >= 0.3 is 5.97 Å². The Morgan fingerprint density at radius 1 is 0.917 bits per heavy atom. The molecular formula is C30H28N2O4. The summed E-state index contributed by atoms with van der Waals surface area (Å²) in [5, 5.41) is 13.2. The number of anilines is 1. The summed E-state index contributed by atoms with van der Waals surface area (Å²) in [5.41, 5.74) is 6.10. The van der Waals surface area contributed by atoms with Crippen molar-refractivity contribution >= 4 is 28.5 Å². The highest BCUT2D eigenvalue weighted by Gasteiger charge is 2.29. The quantitative estimate of drug-likeness (QED) is 0.341. The van der Waals surface area contributed by atoms with Crippen molar-refractivity contribution in [3.8, 4) is 17.0 Å². The van der Waals surface area contributed by atoms with E-state index in [9.17, 15) is 9.59 Å². The average Bonchev–Trinajstić information content (AvgIpc) is 3.10. The summed E-state index contributed by atoms with van der Waals surface area (Å²) in [6.45, 7) is 1.29. The van der Waals surface area contributed by atoms with Gasteiger partial charge in [-0.2, -0.15) is 0 Å². The Balaban J connectivity index is 1.44. The lowest BCUT2D eigenvalue weighted by Gasteiger charge is -2.23. The number of carboxylic acids is 1. The van der Waals surface area contributed by atoms with Crippen molar-refractivity contribution in [3.05, 3.63) is 83.4 Å². The van der Waals surface area contributed by atoms with Gasteiger partial charge in [0.15, 0.2) is 0 Å². The zero-order valence-corrected chi connectivity index (χ0v) is 20.0. The number of hydrogen-bond donors (Lipinski definition) is 2. The average molecular weight is 481 g/mol. The fourth-order valence-corrected chi connectivity index (χ4v) is 5.78. The SMILES string of the molecule is O=C(O)c1ccc(NC(=O)c2ccc3c(C4CCCCC4)c4n(c3c2)CCOc2ccccc2-4)cc1. The first-order valence-corrected chi connectivity index (χ1v) is 12.6. The van der Waals surface area contributed by atoms with E-state index in [-0.39, 0.29) is 11.5 Å². The van der Waals surface area contributed by atoms with Crippen LogP contribution in [-0.4, -0.2) is 28.2 Å². The summed E-state index contributed by atoms with van der Waals surface area (Å²) in [6, 6.07) is 20.5. The van der Waals surface area contributed by atoms with Crippen molar-refractivity contribution in [2.45, 2.75) is 44.6 Å². The van der Waals surface area contributed by atoms with Crippen molar-refractivity contribution in [3.63, 3.8) is 0 Å². The fraction of sp³-hybridized carbons (Fsp3) is 0.267. The molecule has 2 aliphatic rings. The monoisotopic (exact) mass is 480 g/mol. The third kappa shape index (κ3) is 3.92. The molecule has 0 spiro atoms. The molecule has 0 bridgehead atoms. The van der Waals surface area contributed by atoms with Gasteiger partial charge in [0.25, 0.3) is 5.91 Å². The van der Waals surface area contributed by atoms with E-state index in [0.717, 1.165) is 23.4 Å². The van der Waals surface area contributed by atoms with Gasteiger partial charge in [0.05, 0.1) is 17.8 Å². The molecule has 4 aromatic rings. The number of carboxylic acid groups (broad SMARTS) is 1. The topological polar surface area (TPSA) is 80.6 Å². The molecule has 1 aliphatic heterocycles. The molecular weight excluding hydrogens is 452 g/mol. The van der Waals surface area contributed by atoms with Crippen molar-refractivity contribution < 1.29 is 19.4 Å². The van der Waals surface area contributed by atoms with Crippen molar-refractivity contribution in [1.82, 2.24) is 4.57 Å². The highest BCUT2D eigenvalue weighted by molar-refractivity contribution is 6.07. The number of aromatic carboxylic acids is 1. The van der Waals surface area contributed by atoms with E-state index in [1.54, 1.807) is 12.1 Å². The van der Waals surface area contributed by atoms with Crippen LogP contribution < -0.4 is 10.1 Å². The van der Waals surface area contributed by atoms with Crippen LogP contribution in [-0.2, 0) is 6.54 Å². The maximum atomic E-state index is 13.2. The molecule has 2 N–H and O–H groups in total. The summed E-state index contributed by atoms with van der Waals surface area (Å²) in [4.78, 5) is 24.3. The first-order valence-electron chi connectivity index (χ1n) is 12.6. The summed E-state index contributed by atoms with van der Waals surface area (Å²) in [7, 11) is 0. The molecule has 182 valence electrons. The zero-order valence-electron chi connectivity index (χ0n) is 20.0. The minimum Gasteiger partial charge on any atom is -0.491 e. The number of fused-ring (bicyclic) bond motifs is 5. The van der Waals surface area contributed by atoms with Crippen molar-refractivity contribution in [2.75, 3.05) is 11.9 Å². The largest absolute Gasteiger partial charge is 0.491 e. The number of amides is 1. The summed E-state index contributed by atoms with van der Waals surface area (Å²) < 4.78 is 8.46. The van der Waals surface area contributed by atoms with Gasteiger partial charge in [0, 0.05) is 27.7 Å². The Morgan fingerprint density at radius 3 is 2.44 bits per heavy atom. The van der Waals surface area contributed by atoms with Crippen molar-refractivity contribution in [2.24, 2.45) is 0 Å². The lowest BCUT2D eigenvalue weighted by atomic mass is 9.81. The summed E-state index contributed by atoms with van der Waals surface area (Å²) in [6.07, 6.45) is 6.15. The number of carbonyl (C=O) groups excluding carboxylic acids is 1. The van der Waals surface area contributed by atoms with Crippen LogP contribution in [0.1, 0.15) is 64.3 Å². The van der Waals surface area contributed by atoms with Gasteiger partial charge in [0.2, 0.25) is 0 Å². The second-order valence-corrected chi connectivity index (χ2v) is 9.66. The third-order valence-electron chi connectivity index (χ3n) is 7.48. The number of rotatable bonds is 4. The summed E-state index contributed by atoms with van der Waals surface area (Å²) >= 11 is 0. The minimum absolute atomic E-state index is 0.183. The minimum atomic E-state index is -0.994. The molecule has 0 saturated heterocycles. The molecule has 6 heteroatoms. The normalized spacial score (nSPS) is 15.4. The molecule has 6 nitrogen and oxygen atoms in total. The van der Waals surface area contributed by atoms with E-state index in [2.05, 4.69) is 28.1 Å². The Labute approximate surface area is 209 Å². The van der Waals surface area contributed by atoms with Gasteiger partial charge < -0.3 is 19.7 Å². The maximum Gasteiger partial charge on any atom is 0.335 e. The number of nitrogens with one attached hydrogen (secondary N) is 1. The lowest BCUT2D eigenvalue weighted by Crippen LogP contribution is -2.12. The standard InChI is InChI=1S/C30H28N2O4/c33-29(31-22-13-10-20(11-14-22)30(34)35)21-12-15-23-25(18-21)32-16-17-36-26-9-5-4-8-24(26)28(32)27(23)19-6-2-1-3-7-19/h4-5,8-15,18-19H,1-3,6-7,16-17H2,(H,31,33)(H,34,35). The number of para-hydroxylation sites is 1. The van der Waals surface area contributed by atoms with E-state index in [0.29, 0.717) is 23.8 Å². The van der Waals surface area contributed by atoms with Gasteiger partial charge in [-0.05, 0) is 72.9 Å². The number of hydrogen-bond acceptors (Lipinski definition) is 3. The van der Waals surface area contributed by atoms with Crippen LogP contribution in [0.25, 0.3) is 22.2 Å². The number of benzene rings is 3. The van der Waals surface area contributed by atoms with Crippen LogP contribution in [0.4, 0.5) is 5.69 Å². The number of nitrogens with zero attached hydrogens (tertiary/aromatic N) is 1. The van der Waals surface area contributed by atoms with Crippen LogP contribution in [0.5, 0.6) is 5.75 Å². The second kappa shape index (κ2) is 9.19. The van der Waals surface area contributed by atoms with E-state index < -0.39 is 5.97 Å². The van der Waals surface area contributed by atoms with Gasteiger partial charge in [0.1, 0.15) is 12.4 Å². The third-order valence-corrected chi connectivity index (χ3v) is 7.48. The lowest BCUT2D eigenvalue weighted by molar-refractivity contribution is 0.0696. The first-order chi connectivity index (χ1) is 17.6. The predicted octanol–water partition coefficient (Wildman–Crippen LogP) is 6.70. The Morgan fingerprint density at radius 2 is 1.67 bits per heavy atom. The molecule has 1 fully saturated rings. The van der Waals surface area contributed by atoms with E-state index >= 15 is 0 Å². The molecule has 1 aromatic heterocycles. The van der Waals surface area contributed by atoms with Crippen LogP contribution in [0, 0.1) is 0 Å². The van der Waals surface area contributed by atoms with Gasteiger partial charge in [-0.1, -0.05) is 37.5 Å². The molecule has 0 radical (unpaired) electrons. The van der Waals surface area contributed by atoms with Gasteiger partial charge in [-0.3, -0.25) is 4.79 Å². The fourth-order valence-electron chi connectivity index (χ4n) is 5.78. The molecule has 1 aliphatic carbocycles. The second-order valence-electron chi connectivity index (χ2n) is 9.66. The van der Waals surface area contributed by atoms with Crippen LogP contribution >= 0.6 is 0 Å². The number of carbonyl (C=O) groups is 2. The van der Waals surface area contributed by atoms with Gasteiger partial charge in [-0.15, -0.1) is 0 Å². The van der Waals surface area contributed by atoms with Gasteiger partial charge in [-0.25, -0.2) is 4.79 Å². The summed E-state index contributed by atoms with van der Waals surface area (Å²) in [5.74, 6) is 0.196. The van der Waals surface area contributed by atoms with Crippen molar-refractivity contribution in [1.29, 1.82) is 0 Å². The van der Waals surface area contributed by atoms with E-state index in [1.807, 2.05) is 24.3 Å². The highest BCUT2D eigenvalue weighted by Crippen LogP contribution is 2.47. The molecule has 1 saturated carbocycles. The number of ether oxygens (including phenoxy) is 1. The van der Waals surface area contributed by atoms with Crippen LogP contribution in [0.3, 0.4) is 0 Å². The zero-order chi connectivity index (χ0) is 24.6. The Bertz CT molecular complexity index is 1460. The molecule has 36 heavy (non-hydrogen) atoms. The molecule has 0 atom stereocenters. The smallest absolute Gasteiger partial charge is 0.335 e. The van der Waals surface area contributed by atoms with Crippen LogP contribution in [0.15, 0.2) is 66.7 Å². The first kappa shape index (κ1) is 22.4. The molecule has 6 rings (SSSR count). The Hall–Kier alpha value is -4.06. The van der Waals surface area contributed by atoms with E-state index in [4.69, 9.17) is 9.84 Å². The predicted molar refractivity (Wildman–Crippen MR) is 140 cm³/mol. The molecule has 3 aromatic carbocycles. The highest BCUT2D eigenvalue weighted by atomic mass is 16.5. The molecule has 1 amide bonds.